The molecule has 120 valence electrons. The maximum Gasteiger partial charge on any atom is 0.223 e. The van der Waals surface area contributed by atoms with Crippen molar-refractivity contribution < 1.29 is 13.2 Å². The second-order valence-corrected chi connectivity index (χ2v) is 8.87. The standard InChI is InChI=1S/C17H23NO3S/c1-11(13-5-7-15(8-6-13)22(2,20)21)18-17(19)16-10-12-3-4-14(16)9-12/h5-8,11-12,14,16H,3-4,9-10H2,1-2H3,(H,18,19). The van der Waals surface area contributed by atoms with Crippen LogP contribution >= 0.6 is 0 Å². The number of hydrogen-bond acceptors (Lipinski definition) is 3. The van der Waals surface area contributed by atoms with Gasteiger partial charge in [0.15, 0.2) is 9.84 Å². The number of fused-ring (bicyclic) bond motifs is 2. The molecule has 0 saturated heterocycles. The van der Waals surface area contributed by atoms with Gasteiger partial charge < -0.3 is 5.32 Å². The van der Waals surface area contributed by atoms with Gasteiger partial charge in [0.1, 0.15) is 0 Å². The minimum atomic E-state index is -3.17. The number of nitrogens with one attached hydrogen (secondary N) is 1. The molecule has 22 heavy (non-hydrogen) atoms. The molecule has 4 nitrogen and oxygen atoms in total. The Bertz CT molecular complexity index is 666. The van der Waals surface area contributed by atoms with Crippen LogP contribution in [-0.4, -0.2) is 20.6 Å². The van der Waals surface area contributed by atoms with Crippen LogP contribution < -0.4 is 5.32 Å². The fourth-order valence-corrected chi connectivity index (χ4v) is 4.60. The second-order valence-electron chi connectivity index (χ2n) is 6.85. The zero-order valence-corrected chi connectivity index (χ0v) is 13.9. The lowest BCUT2D eigenvalue weighted by Crippen LogP contribution is -2.35. The summed E-state index contributed by atoms with van der Waals surface area (Å²) in [6, 6.07) is 6.67. The van der Waals surface area contributed by atoms with Gasteiger partial charge in [-0.15, -0.1) is 0 Å². The molecule has 4 unspecified atom stereocenters. The number of carbonyl (C=O) groups is 1. The lowest BCUT2D eigenvalue weighted by Gasteiger charge is -2.23. The van der Waals surface area contributed by atoms with Gasteiger partial charge in [-0.1, -0.05) is 18.6 Å². The Labute approximate surface area is 132 Å². The molecule has 4 atom stereocenters. The molecule has 2 saturated carbocycles. The lowest BCUT2D eigenvalue weighted by molar-refractivity contribution is -0.127. The molecule has 1 aromatic carbocycles. The van der Waals surface area contributed by atoms with Crippen molar-refractivity contribution in [1.29, 1.82) is 0 Å². The Kier molecular flexibility index (Phi) is 4.02. The van der Waals surface area contributed by atoms with Crippen LogP contribution in [0.15, 0.2) is 29.2 Å². The Morgan fingerprint density at radius 1 is 1.18 bits per heavy atom. The molecule has 1 aromatic rings. The summed E-state index contributed by atoms with van der Waals surface area (Å²) in [7, 11) is -3.17. The van der Waals surface area contributed by atoms with Gasteiger partial charge in [-0.3, -0.25) is 4.79 Å². The third-order valence-electron chi connectivity index (χ3n) is 5.24. The Morgan fingerprint density at radius 3 is 2.36 bits per heavy atom. The Morgan fingerprint density at radius 2 is 1.86 bits per heavy atom. The number of hydrogen-bond donors (Lipinski definition) is 1. The van der Waals surface area contributed by atoms with E-state index in [-0.39, 0.29) is 17.9 Å². The summed E-state index contributed by atoms with van der Waals surface area (Å²) in [6.45, 7) is 1.94. The van der Waals surface area contributed by atoms with E-state index in [2.05, 4.69) is 5.32 Å². The van der Waals surface area contributed by atoms with Crippen LogP contribution in [0, 0.1) is 17.8 Å². The van der Waals surface area contributed by atoms with Crippen molar-refractivity contribution in [3.05, 3.63) is 29.8 Å². The predicted molar refractivity (Wildman–Crippen MR) is 85.0 cm³/mol. The lowest BCUT2D eigenvalue weighted by atomic mass is 9.88. The molecule has 0 aromatic heterocycles. The number of rotatable bonds is 4. The zero-order chi connectivity index (χ0) is 15.9. The fourth-order valence-electron chi connectivity index (χ4n) is 3.97. The van der Waals surface area contributed by atoms with E-state index in [0.717, 1.165) is 17.9 Å². The molecular formula is C17H23NO3S. The molecule has 2 aliphatic carbocycles. The van der Waals surface area contributed by atoms with Crippen molar-refractivity contribution in [2.75, 3.05) is 6.26 Å². The van der Waals surface area contributed by atoms with Gasteiger partial charge in [-0.05, 0) is 55.7 Å². The largest absolute Gasteiger partial charge is 0.349 e. The second kappa shape index (κ2) is 5.69. The van der Waals surface area contributed by atoms with Crippen LogP contribution in [0.5, 0.6) is 0 Å². The van der Waals surface area contributed by atoms with Crippen molar-refractivity contribution in [2.24, 2.45) is 17.8 Å². The Hall–Kier alpha value is -1.36. The highest BCUT2D eigenvalue weighted by Gasteiger charge is 2.43. The number of carbonyl (C=O) groups excluding carboxylic acids is 1. The first-order valence-electron chi connectivity index (χ1n) is 7.95. The highest BCUT2D eigenvalue weighted by atomic mass is 32.2. The van der Waals surface area contributed by atoms with Crippen molar-refractivity contribution in [3.8, 4) is 0 Å². The quantitative estimate of drug-likeness (QED) is 0.927. The first-order valence-corrected chi connectivity index (χ1v) is 9.84. The summed E-state index contributed by atoms with van der Waals surface area (Å²) in [4.78, 5) is 12.7. The van der Waals surface area contributed by atoms with Crippen molar-refractivity contribution in [1.82, 2.24) is 5.32 Å². The van der Waals surface area contributed by atoms with Gasteiger partial charge in [0.05, 0.1) is 10.9 Å². The van der Waals surface area contributed by atoms with Crippen LogP contribution in [0.2, 0.25) is 0 Å². The van der Waals surface area contributed by atoms with E-state index in [1.165, 1.54) is 25.5 Å². The van der Waals surface area contributed by atoms with E-state index < -0.39 is 9.84 Å². The summed E-state index contributed by atoms with van der Waals surface area (Å²) < 4.78 is 22.9. The highest BCUT2D eigenvalue weighted by molar-refractivity contribution is 7.90. The van der Waals surface area contributed by atoms with Crippen LogP contribution in [-0.2, 0) is 14.6 Å². The molecule has 2 aliphatic rings. The minimum Gasteiger partial charge on any atom is -0.349 e. The highest BCUT2D eigenvalue weighted by Crippen LogP contribution is 2.48. The molecule has 2 fully saturated rings. The van der Waals surface area contributed by atoms with E-state index in [1.54, 1.807) is 24.3 Å². The minimum absolute atomic E-state index is 0.0970. The summed E-state index contributed by atoms with van der Waals surface area (Å²) in [5.41, 5.74) is 0.934. The van der Waals surface area contributed by atoms with E-state index in [0.29, 0.717) is 10.8 Å². The topological polar surface area (TPSA) is 63.2 Å². The Balaban J connectivity index is 1.64. The maximum atomic E-state index is 12.4. The summed E-state index contributed by atoms with van der Waals surface area (Å²) >= 11 is 0. The number of benzene rings is 1. The van der Waals surface area contributed by atoms with E-state index >= 15 is 0 Å². The SMILES string of the molecule is CC(NC(=O)C1CC2CCC1C2)c1ccc(S(C)(=O)=O)cc1. The first kappa shape index (κ1) is 15.5. The molecule has 2 bridgehead atoms. The van der Waals surface area contributed by atoms with Gasteiger partial charge in [-0.25, -0.2) is 8.42 Å². The number of sulfone groups is 1. The van der Waals surface area contributed by atoms with E-state index in [9.17, 15) is 13.2 Å². The van der Waals surface area contributed by atoms with Crippen molar-refractivity contribution in [2.45, 2.75) is 43.5 Å². The van der Waals surface area contributed by atoms with Gasteiger partial charge >= 0.3 is 0 Å². The third kappa shape index (κ3) is 3.05. The molecule has 0 spiro atoms. The molecule has 1 N–H and O–H groups in total. The van der Waals surface area contributed by atoms with Crippen molar-refractivity contribution >= 4 is 15.7 Å². The third-order valence-corrected chi connectivity index (χ3v) is 6.37. The predicted octanol–water partition coefficient (Wildman–Crippen LogP) is 2.70. The van der Waals surface area contributed by atoms with E-state index in [1.807, 2.05) is 6.92 Å². The molecule has 1 amide bonds. The summed E-state index contributed by atoms with van der Waals surface area (Å²) in [5, 5.41) is 3.09. The van der Waals surface area contributed by atoms with E-state index in [4.69, 9.17) is 0 Å². The van der Waals surface area contributed by atoms with Gasteiger partial charge in [0.2, 0.25) is 5.91 Å². The molecular weight excluding hydrogens is 298 g/mol. The van der Waals surface area contributed by atoms with Crippen LogP contribution in [0.3, 0.4) is 0 Å². The summed E-state index contributed by atoms with van der Waals surface area (Å²) in [5.74, 6) is 1.67. The van der Waals surface area contributed by atoms with Gasteiger partial charge in [0.25, 0.3) is 0 Å². The monoisotopic (exact) mass is 321 g/mol. The van der Waals surface area contributed by atoms with Crippen LogP contribution in [0.1, 0.15) is 44.2 Å². The average molecular weight is 321 g/mol. The van der Waals surface area contributed by atoms with Gasteiger partial charge in [-0.2, -0.15) is 0 Å². The molecule has 0 aliphatic heterocycles. The number of amides is 1. The smallest absolute Gasteiger partial charge is 0.223 e. The van der Waals surface area contributed by atoms with Crippen molar-refractivity contribution in [3.63, 3.8) is 0 Å². The zero-order valence-electron chi connectivity index (χ0n) is 13.1. The maximum absolute atomic E-state index is 12.4. The molecule has 5 heteroatoms. The van der Waals surface area contributed by atoms with Gasteiger partial charge in [0, 0.05) is 12.2 Å². The average Bonchev–Trinajstić information content (AvgIpc) is 3.09. The first-order chi connectivity index (χ1) is 10.3. The molecule has 0 radical (unpaired) electrons. The molecule has 0 heterocycles. The molecule has 3 rings (SSSR count). The van der Waals surface area contributed by atoms with Crippen LogP contribution in [0.4, 0.5) is 0 Å². The normalized spacial score (nSPS) is 28.5. The summed E-state index contributed by atoms with van der Waals surface area (Å²) in [6.07, 6.45) is 5.94. The fraction of sp³-hybridized carbons (Fsp3) is 0.588. The van der Waals surface area contributed by atoms with Crippen LogP contribution in [0.25, 0.3) is 0 Å².